The lowest BCUT2D eigenvalue weighted by atomic mass is 10.1. The lowest BCUT2D eigenvalue weighted by Gasteiger charge is -2.15. The third-order valence-corrected chi connectivity index (χ3v) is 3.14. The molecule has 1 amide bonds. The highest BCUT2D eigenvalue weighted by atomic mass is 16.3. The van der Waals surface area contributed by atoms with E-state index in [0.29, 0.717) is 25.1 Å². The van der Waals surface area contributed by atoms with E-state index in [1.807, 2.05) is 6.07 Å². The molecule has 2 N–H and O–H groups in total. The Balaban J connectivity index is 1.89. The number of benzene rings is 1. The second-order valence-electron chi connectivity index (χ2n) is 4.37. The summed E-state index contributed by atoms with van der Waals surface area (Å²) in [7, 11) is 0. The van der Waals surface area contributed by atoms with Gasteiger partial charge in [-0.15, -0.1) is 0 Å². The molecule has 1 aromatic heterocycles. The summed E-state index contributed by atoms with van der Waals surface area (Å²) < 4.78 is 0. The van der Waals surface area contributed by atoms with E-state index in [1.54, 1.807) is 23.2 Å². The van der Waals surface area contributed by atoms with E-state index in [0.717, 1.165) is 10.9 Å². The Hall–Kier alpha value is -1.88. The molecule has 3 rings (SSSR count). The fraction of sp³-hybridized carbons (Fsp3) is 0.333. The summed E-state index contributed by atoms with van der Waals surface area (Å²) in [5.41, 5.74) is 1.49. The standard InChI is InChI=1S/C12H13N3O2/c16-10-3-4-15(7-10)12(17)8-1-2-9-6-13-14-11(9)5-8/h1-2,5-6,10,16H,3-4,7H2,(H,13,14). The molecule has 0 spiro atoms. The van der Waals surface area contributed by atoms with Gasteiger partial charge in [0.2, 0.25) is 0 Å². The van der Waals surface area contributed by atoms with E-state index >= 15 is 0 Å². The van der Waals surface area contributed by atoms with Crippen molar-refractivity contribution in [2.75, 3.05) is 13.1 Å². The van der Waals surface area contributed by atoms with Crippen molar-refractivity contribution in [1.29, 1.82) is 0 Å². The van der Waals surface area contributed by atoms with Crippen molar-refractivity contribution < 1.29 is 9.90 Å². The first-order valence-corrected chi connectivity index (χ1v) is 5.64. The molecular weight excluding hydrogens is 218 g/mol. The van der Waals surface area contributed by atoms with Crippen LogP contribution in [0.1, 0.15) is 16.8 Å². The summed E-state index contributed by atoms with van der Waals surface area (Å²) in [6.45, 7) is 1.06. The van der Waals surface area contributed by atoms with Gasteiger partial charge in [-0.2, -0.15) is 5.10 Å². The van der Waals surface area contributed by atoms with Crippen molar-refractivity contribution in [3.8, 4) is 0 Å². The topological polar surface area (TPSA) is 69.2 Å². The third kappa shape index (κ3) is 1.78. The number of rotatable bonds is 1. The number of hydrogen-bond acceptors (Lipinski definition) is 3. The summed E-state index contributed by atoms with van der Waals surface area (Å²) in [4.78, 5) is 13.8. The van der Waals surface area contributed by atoms with Crippen molar-refractivity contribution in [2.24, 2.45) is 0 Å². The van der Waals surface area contributed by atoms with Gasteiger partial charge in [0, 0.05) is 24.0 Å². The number of aliphatic hydroxyl groups excluding tert-OH is 1. The maximum absolute atomic E-state index is 12.1. The molecule has 0 radical (unpaired) electrons. The van der Waals surface area contributed by atoms with Crippen molar-refractivity contribution in [1.82, 2.24) is 15.1 Å². The molecule has 1 fully saturated rings. The van der Waals surface area contributed by atoms with Crippen LogP contribution < -0.4 is 0 Å². The van der Waals surface area contributed by atoms with Gasteiger partial charge < -0.3 is 10.0 Å². The summed E-state index contributed by atoms with van der Waals surface area (Å²) in [6, 6.07) is 5.47. The molecule has 0 saturated carbocycles. The van der Waals surface area contributed by atoms with Crippen LogP contribution in [-0.4, -0.2) is 45.3 Å². The van der Waals surface area contributed by atoms with Gasteiger partial charge >= 0.3 is 0 Å². The first-order valence-electron chi connectivity index (χ1n) is 5.64. The van der Waals surface area contributed by atoms with Crippen LogP contribution in [0.15, 0.2) is 24.4 Å². The minimum Gasteiger partial charge on any atom is -0.391 e. The molecule has 5 heteroatoms. The highest BCUT2D eigenvalue weighted by Gasteiger charge is 2.25. The van der Waals surface area contributed by atoms with Crippen LogP contribution in [0.3, 0.4) is 0 Å². The zero-order valence-electron chi connectivity index (χ0n) is 9.26. The number of hydrogen-bond donors (Lipinski definition) is 2. The number of aliphatic hydroxyl groups is 1. The Labute approximate surface area is 98.0 Å². The number of fused-ring (bicyclic) bond motifs is 1. The van der Waals surface area contributed by atoms with Gasteiger partial charge in [-0.1, -0.05) is 6.07 Å². The Morgan fingerprint density at radius 2 is 2.41 bits per heavy atom. The predicted molar refractivity (Wildman–Crippen MR) is 62.6 cm³/mol. The smallest absolute Gasteiger partial charge is 0.254 e. The van der Waals surface area contributed by atoms with Crippen LogP contribution in [0.25, 0.3) is 10.9 Å². The Kier molecular flexibility index (Phi) is 2.33. The normalized spacial score (nSPS) is 20.1. The Bertz CT molecular complexity index is 564. The number of β-amino-alcohol motifs (C(OH)–C–C–N with tert-alkyl or cyclic N) is 1. The molecule has 1 aromatic carbocycles. The Morgan fingerprint density at radius 1 is 1.53 bits per heavy atom. The maximum atomic E-state index is 12.1. The van der Waals surface area contributed by atoms with E-state index in [-0.39, 0.29) is 12.0 Å². The van der Waals surface area contributed by atoms with E-state index < -0.39 is 0 Å². The zero-order chi connectivity index (χ0) is 11.8. The van der Waals surface area contributed by atoms with Crippen LogP contribution in [0.4, 0.5) is 0 Å². The number of H-pyrrole nitrogens is 1. The second-order valence-corrected chi connectivity index (χ2v) is 4.37. The van der Waals surface area contributed by atoms with Gasteiger partial charge in [0.05, 0.1) is 17.8 Å². The number of nitrogens with zero attached hydrogens (tertiary/aromatic N) is 2. The van der Waals surface area contributed by atoms with Crippen molar-refractivity contribution >= 4 is 16.8 Å². The molecule has 0 aliphatic carbocycles. The van der Waals surface area contributed by atoms with Gasteiger partial charge in [0.25, 0.3) is 5.91 Å². The van der Waals surface area contributed by atoms with Gasteiger partial charge in [0.15, 0.2) is 0 Å². The highest BCUT2D eigenvalue weighted by molar-refractivity contribution is 5.97. The van der Waals surface area contributed by atoms with Crippen molar-refractivity contribution in [3.63, 3.8) is 0 Å². The Morgan fingerprint density at radius 3 is 3.18 bits per heavy atom. The van der Waals surface area contributed by atoms with E-state index in [1.165, 1.54) is 0 Å². The first kappa shape index (κ1) is 10.3. The van der Waals surface area contributed by atoms with Crippen LogP contribution >= 0.6 is 0 Å². The van der Waals surface area contributed by atoms with Crippen molar-refractivity contribution in [2.45, 2.75) is 12.5 Å². The van der Waals surface area contributed by atoms with Gasteiger partial charge in [0.1, 0.15) is 0 Å². The number of aromatic nitrogens is 2. The molecule has 17 heavy (non-hydrogen) atoms. The second kappa shape index (κ2) is 3.85. The number of carbonyl (C=O) groups excluding carboxylic acids is 1. The number of aromatic amines is 1. The minimum absolute atomic E-state index is 0.0296. The molecule has 88 valence electrons. The number of carbonyl (C=O) groups is 1. The predicted octanol–water partition coefficient (Wildman–Crippen LogP) is 0.770. The molecule has 1 aliphatic heterocycles. The van der Waals surface area contributed by atoms with E-state index in [9.17, 15) is 9.90 Å². The molecule has 2 aromatic rings. The summed E-state index contributed by atoms with van der Waals surface area (Å²) in [5.74, 6) is -0.0296. The molecular formula is C12H13N3O2. The first-order chi connectivity index (χ1) is 8.24. The van der Waals surface area contributed by atoms with E-state index in [2.05, 4.69) is 10.2 Å². The largest absolute Gasteiger partial charge is 0.391 e. The van der Waals surface area contributed by atoms with Crippen LogP contribution in [0.2, 0.25) is 0 Å². The quantitative estimate of drug-likeness (QED) is 0.761. The number of likely N-dealkylation sites (tertiary alicyclic amines) is 1. The maximum Gasteiger partial charge on any atom is 0.254 e. The number of amides is 1. The van der Waals surface area contributed by atoms with Gasteiger partial charge in [-0.25, -0.2) is 0 Å². The highest BCUT2D eigenvalue weighted by Crippen LogP contribution is 2.17. The fourth-order valence-corrected chi connectivity index (χ4v) is 2.18. The summed E-state index contributed by atoms with van der Waals surface area (Å²) in [6.07, 6.45) is 2.01. The lowest BCUT2D eigenvalue weighted by Crippen LogP contribution is -2.29. The van der Waals surface area contributed by atoms with Gasteiger partial charge in [-0.3, -0.25) is 9.89 Å². The summed E-state index contributed by atoms with van der Waals surface area (Å²) >= 11 is 0. The molecule has 5 nitrogen and oxygen atoms in total. The molecule has 0 bridgehead atoms. The molecule has 1 aliphatic rings. The average Bonchev–Trinajstić information content (AvgIpc) is 2.95. The van der Waals surface area contributed by atoms with E-state index in [4.69, 9.17) is 0 Å². The van der Waals surface area contributed by atoms with Crippen LogP contribution in [-0.2, 0) is 0 Å². The third-order valence-electron chi connectivity index (χ3n) is 3.14. The SMILES string of the molecule is O=C(c1ccc2cn[nH]c2c1)N1CCC(O)C1. The fourth-order valence-electron chi connectivity index (χ4n) is 2.18. The van der Waals surface area contributed by atoms with Crippen molar-refractivity contribution in [3.05, 3.63) is 30.0 Å². The number of nitrogens with one attached hydrogen (secondary N) is 1. The van der Waals surface area contributed by atoms with Crippen LogP contribution in [0.5, 0.6) is 0 Å². The lowest BCUT2D eigenvalue weighted by molar-refractivity contribution is 0.0765. The van der Waals surface area contributed by atoms with Gasteiger partial charge in [-0.05, 0) is 18.6 Å². The van der Waals surface area contributed by atoms with Crippen LogP contribution in [0, 0.1) is 0 Å². The summed E-state index contributed by atoms with van der Waals surface area (Å²) in [5, 5.41) is 17.2. The molecule has 1 unspecified atom stereocenters. The molecule has 2 heterocycles. The average molecular weight is 231 g/mol. The zero-order valence-corrected chi connectivity index (χ0v) is 9.26. The molecule has 1 saturated heterocycles. The monoisotopic (exact) mass is 231 g/mol. The minimum atomic E-state index is -0.380. The molecule has 1 atom stereocenters.